The molecule has 8 heteroatoms. The van der Waals surface area contributed by atoms with Crippen molar-refractivity contribution >= 4 is 40.0 Å². The molecule has 0 radical (unpaired) electrons. The number of hydrogen-bond donors (Lipinski definition) is 2. The predicted octanol–water partition coefficient (Wildman–Crippen LogP) is 3.26. The Morgan fingerprint density at radius 3 is 2.67 bits per heavy atom. The van der Waals surface area contributed by atoms with E-state index in [-0.39, 0.29) is 24.9 Å². The number of benzene rings is 2. The summed E-state index contributed by atoms with van der Waals surface area (Å²) in [5, 5.41) is 4.24. The lowest BCUT2D eigenvalue weighted by molar-refractivity contribution is -0.121. The Balaban J connectivity index is 1.74. The van der Waals surface area contributed by atoms with Crippen LogP contribution < -0.4 is 16.6 Å². The van der Waals surface area contributed by atoms with Crippen LogP contribution in [0.3, 0.4) is 0 Å². The van der Waals surface area contributed by atoms with Gasteiger partial charge in [-0.2, -0.15) is 0 Å². The number of carbonyl (C=O) groups excluding carboxylic acids is 1. The minimum atomic E-state index is -0.541. The van der Waals surface area contributed by atoms with Gasteiger partial charge in [-0.05, 0) is 36.8 Å². The second-order valence-corrected chi connectivity index (χ2v) is 6.98. The molecule has 1 atom stereocenters. The summed E-state index contributed by atoms with van der Waals surface area (Å²) in [5.41, 5.74) is 0.261. The van der Waals surface area contributed by atoms with E-state index >= 15 is 0 Å². The molecule has 1 heterocycles. The Morgan fingerprint density at radius 2 is 1.93 bits per heavy atom. The zero-order valence-corrected chi connectivity index (χ0v) is 16.0. The van der Waals surface area contributed by atoms with Gasteiger partial charge in [0.2, 0.25) is 5.91 Å². The highest BCUT2D eigenvalue weighted by atomic mass is 35.5. The summed E-state index contributed by atoms with van der Waals surface area (Å²) < 4.78 is 1.39. The maximum atomic E-state index is 12.3. The Hall–Kier alpha value is -2.57. The van der Waals surface area contributed by atoms with Gasteiger partial charge in [0.25, 0.3) is 5.56 Å². The van der Waals surface area contributed by atoms with Gasteiger partial charge in [0, 0.05) is 23.0 Å². The Labute approximate surface area is 164 Å². The van der Waals surface area contributed by atoms with E-state index in [1.807, 2.05) is 6.92 Å². The lowest BCUT2D eigenvalue weighted by Gasteiger charge is -2.16. The third-order valence-corrected chi connectivity index (χ3v) is 4.84. The summed E-state index contributed by atoms with van der Waals surface area (Å²) in [5.74, 6) is -0.240. The first-order valence-electron chi connectivity index (χ1n) is 8.33. The highest BCUT2D eigenvalue weighted by molar-refractivity contribution is 6.35. The monoisotopic (exact) mass is 405 g/mol. The van der Waals surface area contributed by atoms with Gasteiger partial charge in [0.05, 0.1) is 16.9 Å². The molecule has 0 aliphatic rings. The average Bonchev–Trinajstić information content (AvgIpc) is 2.61. The molecule has 0 unspecified atom stereocenters. The van der Waals surface area contributed by atoms with Gasteiger partial charge in [-0.25, -0.2) is 4.79 Å². The molecule has 0 aliphatic carbocycles. The van der Waals surface area contributed by atoms with Gasteiger partial charge in [0.15, 0.2) is 0 Å². The molecular weight excluding hydrogens is 389 g/mol. The summed E-state index contributed by atoms with van der Waals surface area (Å²) >= 11 is 12.1. The fourth-order valence-corrected chi connectivity index (χ4v) is 3.49. The molecule has 2 N–H and O–H groups in total. The van der Waals surface area contributed by atoms with Crippen LogP contribution in [0.5, 0.6) is 0 Å². The molecule has 0 spiro atoms. The molecule has 0 saturated heterocycles. The molecule has 1 aromatic heterocycles. The molecule has 0 bridgehead atoms. The maximum Gasteiger partial charge on any atom is 0.328 e. The molecule has 6 nitrogen and oxygen atoms in total. The van der Waals surface area contributed by atoms with Crippen LogP contribution in [0.15, 0.2) is 52.1 Å². The minimum absolute atomic E-state index is 0.0749. The standard InChI is InChI=1S/C19H17Cl2N3O3/c1-11(13-7-6-12(20)10-15(13)21)22-17(25)8-9-24-16-5-3-2-4-14(16)18(26)23-19(24)27/h2-7,10-11H,8-9H2,1H3,(H,22,25)(H,23,26,27)/t11-/m1/s1. The number of halogens is 2. The van der Waals surface area contributed by atoms with Crippen molar-refractivity contribution in [3.63, 3.8) is 0 Å². The average molecular weight is 406 g/mol. The van der Waals surface area contributed by atoms with Crippen molar-refractivity contribution in [2.24, 2.45) is 0 Å². The van der Waals surface area contributed by atoms with Crippen molar-refractivity contribution in [2.45, 2.75) is 25.9 Å². The van der Waals surface area contributed by atoms with Gasteiger partial charge in [-0.1, -0.05) is 41.4 Å². The van der Waals surface area contributed by atoms with E-state index in [1.54, 1.807) is 42.5 Å². The van der Waals surface area contributed by atoms with Crippen molar-refractivity contribution in [1.29, 1.82) is 0 Å². The lowest BCUT2D eigenvalue weighted by atomic mass is 10.1. The summed E-state index contributed by atoms with van der Waals surface area (Å²) in [6.45, 7) is 1.96. The second kappa shape index (κ2) is 7.98. The zero-order valence-electron chi connectivity index (χ0n) is 14.5. The van der Waals surface area contributed by atoms with E-state index in [9.17, 15) is 14.4 Å². The number of aromatic nitrogens is 2. The summed E-state index contributed by atoms with van der Waals surface area (Å²) in [6, 6.07) is 11.5. The van der Waals surface area contributed by atoms with E-state index in [1.165, 1.54) is 4.57 Å². The van der Waals surface area contributed by atoms with Gasteiger partial charge in [-0.15, -0.1) is 0 Å². The first kappa shape index (κ1) is 19.2. The molecule has 0 saturated carbocycles. The van der Waals surface area contributed by atoms with Crippen LogP contribution in [0, 0.1) is 0 Å². The summed E-state index contributed by atoms with van der Waals surface area (Å²) in [4.78, 5) is 38.6. The van der Waals surface area contributed by atoms with E-state index in [4.69, 9.17) is 23.2 Å². The first-order valence-corrected chi connectivity index (χ1v) is 9.08. The van der Waals surface area contributed by atoms with E-state index in [0.29, 0.717) is 20.9 Å². The molecule has 2 aromatic carbocycles. The topological polar surface area (TPSA) is 84.0 Å². The normalized spacial score (nSPS) is 12.1. The largest absolute Gasteiger partial charge is 0.349 e. The Morgan fingerprint density at radius 1 is 1.19 bits per heavy atom. The minimum Gasteiger partial charge on any atom is -0.349 e. The lowest BCUT2D eigenvalue weighted by Crippen LogP contribution is -2.33. The molecule has 0 fully saturated rings. The Kier molecular flexibility index (Phi) is 5.68. The number of carbonyl (C=O) groups is 1. The molecule has 3 aromatic rings. The number of H-pyrrole nitrogens is 1. The van der Waals surface area contributed by atoms with E-state index in [2.05, 4.69) is 10.3 Å². The van der Waals surface area contributed by atoms with Crippen LogP contribution in [0.2, 0.25) is 10.0 Å². The highest BCUT2D eigenvalue weighted by Crippen LogP contribution is 2.26. The number of aryl methyl sites for hydroxylation is 1. The fourth-order valence-electron chi connectivity index (χ4n) is 2.92. The predicted molar refractivity (Wildman–Crippen MR) is 106 cm³/mol. The smallest absolute Gasteiger partial charge is 0.328 e. The number of nitrogens with one attached hydrogen (secondary N) is 2. The molecule has 27 heavy (non-hydrogen) atoms. The second-order valence-electron chi connectivity index (χ2n) is 6.13. The van der Waals surface area contributed by atoms with Crippen molar-refractivity contribution in [2.75, 3.05) is 0 Å². The van der Waals surface area contributed by atoms with Crippen molar-refractivity contribution < 1.29 is 4.79 Å². The van der Waals surface area contributed by atoms with Gasteiger partial charge < -0.3 is 5.32 Å². The number of aromatic amines is 1. The Bertz CT molecular complexity index is 1120. The maximum absolute atomic E-state index is 12.3. The number of nitrogens with zero attached hydrogens (tertiary/aromatic N) is 1. The number of amides is 1. The molecule has 140 valence electrons. The van der Waals surface area contributed by atoms with E-state index in [0.717, 1.165) is 5.56 Å². The van der Waals surface area contributed by atoms with Crippen LogP contribution in [0.25, 0.3) is 10.9 Å². The van der Waals surface area contributed by atoms with Crippen LogP contribution in [0.1, 0.15) is 24.9 Å². The SMILES string of the molecule is C[C@@H](NC(=O)CCn1c(=O)[nH]c(=O)c2ccccc21)c1ccc(Cl)cc1Cl. The highest BCUT2D eigenvalue weighted by Gasteiger charge is 2.14. The van der Waals surface area contributed by atoms with E-state index < -0.39 is 11.2 Å². The van der Waals surface area contributed by atoms with Crippen LogP contribution in [-0.2, 0) is 11.3 Å². The van der Waals surface area contributed by atoms with Crippen molar-refractivity contribution in [3.05, 3.63) is 78.9 Å². The molecule has 3 rings (SSSR count). The van der Waals surface area contributed by atoms with Crippen molar-refractivity contribution in [1.82, 2.24) is 14.9 Å². The van der Waals surface area contributed by atoms with Gasteiger partial charge in [-0.3, -0.25) is 19.1 Å². The van der Waals surface area contributed by atoms with Crippen molar-refractivity contribution in [3.8, 4) is 0 Å². The van der Waals surface area contributed by atoms with Crippen LogP contribution >= 0.6 is 23.2 Å². The summed E-state index contributed by atoms with van der Waals surface area (Å²) in [7, 11) is 0. The number of fused-ring (bicyclic) bond motifs is 1. The number of para-hydroxylation sites is 1. The molecular formula is C19H17Cl2N3O3. The summed E-state index contributed by atoms with van der Waals surface area (Å²) in [6.07, 6.45) is 0.0749. The van der Waals surface area contributed by atoms with Gasteiger partial charge in [0.1, 0.15) is 0 Å². The first-order chi connectivity index (χ1) is 12.9. The van der Waals surface area contributed by atoms with Crippen LogP contribution in [-0.4, -0.2) is 15.5 Å². The zero-order chi connectivity index (χ0) is 19.6. The third kappa shape index (κ3) is 4.23. The number of hydrogen-bond acceptors (Lipinski definition) is 3. The third-order valence-electron chi connectivity index (χ3n) is 4.27. The number of rotatable bonds is 5. The van der Waals surface area contributed by atoms with Crippen LogP contribution in [0.4, 0.5) is 0 Å². The quantitative estimate of drug-likeness (QED) is 0.682. The van der Waals surface area contributed by atoms with Gasteiger partial charge >= 0.3 is 5.69 Å². The molecule has 1 amide bonds. The molecule has 0 aliphatic heterocycles. The fraction of sp³-hybridized carbons (Fsp3) is 0.211.